The highest BCUT2D eigenvalue weighted by atomic mass is 16.5. The summed E-state index contributed by atoms with van der Waals surface area (Å²) in [6.07, 6.45) is 3.57. The zero-order valence-electron chi connectivity index (χ0n) is 7.71. The van der Waals surface area contributed by atoms with Crippen molar-refractivity contribution in [1.82, 2.24) is 5.16 Å². The van der Waals surface area contributed by atoms with Crippen LogP contribution < -0.4 is 5.73 Å². The van der Waals surface area contributed by atoms with Gasteiger partial charge < -0.3 is 10.3 Å². The first kappa shape index (κ1) is 9.26. The second-order valence-corrected chi connectivity index (χ2v) is 3.42. The van der Waals surface area contributed by atoms with E-state index >= 15 is 0 Å². The normalized spacial score (nSPS) is 11.0. The van der Waals surface area contributed by atoms with Crippen molar-refractivity contribution in [3.63, 3.8) is 0 Å². The molecule has 0 saturated carbocycles. The Bertz CT molecular complexity index is 230. The molecule has 0 aliphatic carbocycles. The van der Waals surface area contributed by atoms with Crippen LogP contribution >= 0.6 is 0 Å². The van der Waals surface area contributed by atoms with Crippen LogP contribution in [0.4, 0.5) is 0 Å². The minimum absolute atomic E-state index is 0.637. The first-order chi connectivity index (χ1) is 5.74. The molecule has 1 aromatic heterocycles. The third-order valence-electron chi connectivity index (χ3n) is 1.74. The minimum atomic E-state index is 0.637. The number of hydrogen-bond donors (Lipinski definition) is 1. The average Bonchev–Trinajstić information content (AvgIpc) is 2.37. The van der Waals surface area contributed by atoms with Gasteiger partial charge in [0.1, 0.15) is 6.26 Å². The Morgan fingerprint density at radius 3 is 2.92 bits per heavy atom. The zero-order chi connectivity index (χ0) is 8.97. The molecule has 0 amide bonds. The van der Waals surface area contributed by atoms with Gasteiger partial charge in [-0.05, 0) is 18.9 Å². The standard InChI is InChI=1S/C9H16N2O/c1-7(2)5-8-6-12-11-9(8)3-4-10/h6-7H,3-5,10H2,1-2H3. The molecule has 0 fully saturated rings. The summed E-state index contributed by atoms with van der Waals surface area (Å²) in [7, 11) is 0. The van der Waals surface area contributed by atoms with Gasteiger partial charge in [0.25, 0.3) is 0 Å². The Kier molecular flexibility index (Phi) is 3.29. The van der Waals surface area contributed by atoms with E-state index in [4.69, 9.17) is 10.3 Å². The molecule has 1 heterocycles. The number of aromatic nitrogens is 1. The maximum absolute atomic E-state index is 5.44. The Hall–Kier alpha value is -0.830. The average molecular weight is 168 g/mol. The number of hydrogen-bond acceptors (Lipinski definition) is 3. The molecule has 12 heavy (non-hydrogen) atoms. The largest absolute Gasteiger partial charge is 0.364 e. The van der Waals surface area contributed by atoms with Crippen LogP contribution in [-0.4, -0.2) is 11.7 Å². The zero-order valence-corrected chi connectivity index (χ0v) is 7.71. The van der Waals surface area contributed by atoms with Crippen LogP contribution in [0.1, 0.15) is 25.1 Å². The Balaban J connectivity index is 2.63. The summed E-state index contributed by atoms with van der Waals surface area (Å²) in [6.45, 7) is 5.00. The molecule has 0 unspecified atom stereocenters. The smallest absolute Gasteiger partial charge is 0.127 e. The molecule has 3 nitrogen and oxygen atoms in total. The molecule has 0 spiro atoms. The second kappa shape index (κ2) is 4.26. The Morgan fingerprint density at radius 2 is 2.33 bits per heavy atom. The molecule has 3 heteroatoms. The predicted octanol–water partition coefficient (Wildman–Crippen LogP) is 1.37. The van der Waals surface area contributed by atoms with Crippen molar-refractivity contribution in [3.8, 4) is 0 Å². The fraction of sp³-hybridized carbons (Fsp3) is 0.667. The second-order valence-electron chi connectivity index (χ2n) is 3.42. The van der Waals surface area contributed by atoms with E-state index in [0.29, 0.717) is 12.5 Å². The van der Waals surface area contributed by atoms with E-state index in [-0.39, 0.29) is 0 Å². The highest BCUT2D eigenvalue weighted by Crippen LogP contribution is 2.12. The van der Waals surface area contributed by atoms with E-state index in [1.165, 1.54) is 5.56 Å². The van der Waals surface area contributed by atoms with E-state index in [2.05, 4.69) is 19.0 Å². The van der Waals surface area contributed by atoms with Gasteiger partial charge in [0.2, 0.25) is 0 Å². The van der Waals surface area contributed by atoms with Crippen LogP contribution in [0.2, 0.25) is 0 Å². The molecule has 0 aromatic carbocycles. The lowest BCUT2D eigenvalue weighted by molar-refractivity contribution is 0.411. The van der Waals surface area contributed by atoms with Gasteiger partial charge in [-0.25, -0.2) is 0 Å². The molecule has 0 bridgehead atoms. The maximum atomic E-state index is 5.44. The summed E-state index contributed by atoms with van der Waals surface area (Å²) < 4.78 is 4.89. The van der Waals surface area contributed by atoms with Crippen LogP contribution in [0.5, 0.6) is 0 Å². The highest BCUT2D eigenvalue weighted by molar-refractivity contribution is 5.15. The summed E-state index contributed by atoms with van der Waals surface area (Å²) in [5.74, 6) is 0.640. The summed E-state index contributed by atoms with van der Waals surface area (Å²) >= 11 is 0. The Morgan fingerprint density at radius 1 is 1.58 bits per heavy atom. The molecule has 0 atom stereocenters. The quantitative estimate of drug-likeness (QED) is 0.738. The molecule has 0 aliphatic heterocycles. The molecule has 0 aliphatic rings. The minimum Gasteiger partial charge on any atom is -0.364 e. The van der Waals surface area contributed by atoms with Crippen LogP contribution in [0, 0.1) is 5.92 Å². The number of nitrogens with two attached hydrogens (primary N) is 1. The van der Waals surface area contributed by atoms with Crippen molar-refractivity contribution in [3.05, 3.63) is 17.5 Å². The molecule has 1 aromatic rings. The van der Waals surface area contributed by atoms with Crippen molar-refractivity contribution in [2.45, 2.75) is 26.7 Å². The molecule has 0 saturated heterocycles. The van der Waals surface area contributed by atoms with Crippen molar-refractivity contribution in [2.75, 3.05) is 6.54 Å². The van der Waals surface area contributed by atoms with Gasteiger partial charge in [-0.15, -0.1) is 0 Å². The monoisotopic (exact) mass is 168 g/mol. The molecular weight excluding hydrogens is 152 g/mol. The van der Waals surface area contributed by atoms with Crippen molar-refractivity contribution in [1.29, 1.82) is 0 Å². The van der Waals surface area contributed by atoms with Gasteiger partial charge in [0.15, 0.2) is 0 Å². The lowest BCUT2D eigenvalue weighted by atomic mass is 10.0. The van der Waals surface area contributed by atoms with E-state index in [0.717, 1.165) is 18.5 Å². The van der Waals surface area contributed by atoms with Gasteiger partial charge in [-0.1, -0.05) is 19.0 Å². The van der Waals surface area contributed by atoms with Gasteiger partial charge >= 0.3 is 0 Å². The van der Waals surface area contributed by atoms with E-state index in [1.54, 1.807) is 6.26 Å². The number of rotatable bonds is 4. The molecule has 1 rings (SSSR count). The Labute approximate surface area is 72.9 Å². The van der Waals surface area contributed by atoms with E-state index in [9.17, 15) is 0 Å². The van der Waals surface area contributed by atoms with Crippen LogP contribution in [0.3, 0.4) is 0 Å². The molecule has 68 valence electrons. The van der Waals surface area contributed by atoms with Crippen molar-refractivity contribution in [2.24, 2.45) is 11.7 Å². The first-order valence-corrected chi connectivity index (χ1v) is 4.36. The SMILES string of the molecule is CC(C)Cc1conc1CCN. The summed E-state index contributed by atoms with van der Waals surface area (Å²) in [5.41, 5.74) is 7.66. The first-order valence-electron chi connectivity index (χ1n) is 4.36. The van der Waals surface area contributed by atoms with E-state index < -0.39 is 0 Å². The van der Waals surface area contributed by atoms with E-state index in [1.807, 2.05) is 0 Å². The third kappa shape index (κ3) is 2.34. The highest BCUT2D eigenvalue weighted by Gasteiger charge is 2.07. The molecular formula is C9H16N2O. The van der Waals surface area contributed by atoms with Crippen LogP contribution in [0.25, 0.3) is 0 Å². The summed E-state index contributed by atoms with van der Waals surface area (Å²) in [5, 5.41) is 3.90. The van der Waals surface area contributed by atoms with Crippen LogP contribution in [-0.2, 0) is 12.8 Å². The fourth-order valence-corrected chi connectivity index (χ4v) is 1.23. The fourth-order valence-electron chi connectivity index (χ4n) is 1.23. The number of nitrogens with zero attached hydrogens (tertiary/aromatic N) is 1. The van der Waals surface area contributed by atoms with Gasteiger partial charge in [-0.2, -0.15) is 0 Å². The van der Waals surface area contributed by atoms with Gasteiger partial charge in [-0.3, -0.25) is 0 Å². The third-order valence-corrected chi connectivity index (χ3v) is 1.74. The van der Waals surface area contributed by atoms with Crippen molar-refractivity contribution < 1.29 is 4.52 Å². The molecule has 2 N–H and O–H groups in total. The maximum Gasteiger partial charge on any atom is 0.127 e. The summed E-state index contributed by atoms with van der Waals surface area (Å²) in [4.78, 5) is 0. The predicted molar refractivity (Wildman–Crippen MR) is 47.8 cm³/mol. The molecule has 0 radical (unpaired) electrons. The van der Waals surface area contributed by atoms with Gasteiger partial charge in [0.05, 0.1) is 5.69 Å². The van der Waals surface area contributed by atoms with Crippen LogP contribution in [0.15, 0.2) is 10.8 Å². The summed E-state index contributed by atoms with van der Waals surface area (Å²) in [6, 6.07) is 0. The lowest BCUT2D eigenvalue weighted by Crippen LogP contribution is -2.06. The van der Waals surface area contributed by atoms with Gasteiger partial charge in [0, 0.05) is 12.0 Å². The lowest BCUT2D eigenvalue weighted by Gasteiger charge is -2.02. The van der Waals surface area contributed by atoms with Crippen molar-refractivity contribution >= 4 is 0 Å². The topological polar surface area (TPSA) is 52.0 Å².